The molecule has 0 bridgehead atoms. The first kappa shape index (κ1) is 48.5. The lowest BCUT2D eigenvalue weighted by Crippen LogP contribution is -2.60. The Morgan fingerprint density at radius 2 is 1.70 bits per heavy atom. The Bertz CT molecular complexity index is 2310. The first-order valence-corrected chi connectivity index (χ1v) is 21.8. The Kier molecular flexibility index (Phi) is 13.2. The molecule has 2 aliphatic carbocycles. The van der Waals surface area contributed by atoms with Gasteiger partial charge in [-0.15, -0.1) is 0 Å². The molecule has 4 amide bonds. The molecular formula is C40H49F7N6O10S. The summed E-state index contributed by atoms with van der Waals surface area (Å²) in [5.74, 6) is -7.78. The zero-order chi connectivity index (χ0) is 47.4. The second-order valence-electron chi connectivity index (χ2n) is 17.6. The highest BCUT2D eigenvalue weighted by molar-refractivity contribution is 7.91. The van der Waals surface area contributed by atoms with Gasteiger partial charge in [0.05, 0.1) is 36.0 Å². The van der Waals surface area contributed by atoms with Crippen LogP contribution in [0, 0.1) is 23.6 Å². The smallest absolute Gasteiger partial charge is 0.438 e. The number of ether oxygens (including phenoxy) is 4. The third kappa shape index (κ3) is 9.96. The van der Waals surface area contributed by atoms with Crippen LogP contribution in [0.25, 0.3) is 11.0 Å². The molecule has 16 nitrogen and oxygen atoms in total. The highest BCUT2D eigenvalue weighted by atomic mass is 32.2. The van der Waals surface area contributed by atoms with Crippen molar-refractivity contribution in [3.8, 4) is 11.6 Å². The van der Waals surface area contributed by atoms with Crippen molar-refractivity contribution in [3.63, 3.8) is 0 Å². The molecule has 6 rings (SSSR count). The van der Waals surface area contributed by atoms with Gasteiger partial charge in [-0.2, -0.15) is 26.3 Å². The highest BCUT2D eigenvalue weighted by Gasteiger charge is 2.63. The summed E-state index contributed by atoms with van der Waals surface area (Å²) >= 11 is 0. The summed E-state index contributed by atoms with van der Waals surface area (Å²) < 4.78 is 148. The van der Waals surface area contributed by atoms with E-state index in [1.807, 2.05) is 0 Å². The SMILES string of the molecule is COC[C@@H]1C[C@H](C)CCC=C[C@@H]2C[C@@]2(C(=O)NS(=O)(=O)C2(C)CC2)NC(=O)[C@@H]2C[C@@H](Oc3nc4cc(OC)c(F)cc4nc3C(F)(F)F)CN2C(=O)[C@H]1NC(=O)OC(C)(C)C(F)(F)F. The van der Waals surface area contributed by atoms with Gasteiger partial charge in [0.25, 0.3) is 5.91 Å². The summed E-state index contributed by atoms with van der Waals surface area (Å²) in [6, 6.07) is -1.86. The lowest BCUT2D eigenvalue weighted by Gasteiger charge is -2.35. The number of nitrogens with zero attached hydrogens (tertiary/aromatic N) is 3. The molecule has 1 aromatic carbocycles. The molecule has 2 aliphatic heterocycles. The van der Waals surface area contributed by atoms with Crippen LogP contribution in [0.5, 0.6) is 11.6 Å². The molecular weight excluding hydrogens is 890 g/mol. The minimum atomic E-state index is -5.24. The van der Waals surface area contributed by atoms with Gasteiger partial charge in [-0.25, -0.2) is 27.6 Å². The molecule has 1 saturated heterocycles. The Labute approximate surface area is 363 Å². The topological polar surface area (TPSA) is 204 Å². The molecule has 0 spiro atoms. The van der Waals surface area contributed by atoms with Crippen LogP contribution in [0.1, 0.15) is 78.3 Å². The number of alkyl halides is 6. The van der Waals surface area contributed by atoms with Crippen LogP contribution >= 0.6 is 0 Å². The maximum atomic E-state index is 14.9. The second kappa shape index (κ2) is 17.4. The van der Waals surface area contributed by atoms with Crippen molar-refractivity contribution in [1.82, 2.24) is 30.2 Å². The fourth-order valence-corrected chi connectivity index (χ4v) is 9.17. The van der Waals surface area contributed by atoms with E-state index in [0.29, 0.717) is 32.8 Å². The molecule has 1 aromatic heterocycles. The van der Waals surface area contributed by atoms with Crippen molar-refractivity contribution in [2.24, 2.45) is 17.8 Å². The van der Waals surface area contributed by atoms with Crippen molar-refractivity contribution in [2.45, 2.75) is 119 Å². The average molecular weight is 939 g/mol. The van der Waals surface area contributed by atoms with Gasteiger partial charge in [0.15, 0.2) is 11.6 Å². The number of fused-ring (bicyclic) bond motifs is 3. The Balaban J connectivity index is 1.42. The Morgan fingerprint density at radius 1 is 1.03 bits per heavy atom. The minimum absolute atomic E-state index is 0.0734. The van der Waals surface area contributed by atoms with E-state index < -0.39 is 128 Å². The summed E-state index contributed by atoms with van der Waals surface area (Å²) in [7, 11) is -1.84. The molecule has 3 N–H and O–H groups in total. The first-order valence-electron chi connectivity index (χ1n) is 20.4. The van der Waals surface area contributed by atoms with Gasteiger partial charge in [0.1, 0.15) is 23.7 Å². The van der Waals surface area contributed by atoms with Crippen LogP contribution in [0.2, 0.25) is 0 Å². The summed E-state index contributed by atoms with van der Waals surface area (Å²) in [6.45, 7) is 3.46. The van der Waals surface area contributed by atoms with E-state index in [0.717, 1.165) is 18.1 Å². The number of methoxy groups -OCH3 is 2. The minimum Gasteiger partial charge on any atom is -0.494 e. The third-order valence-electron chi connectivity index (χ3n) is 12.2. The van der Waals surface area contributed by atoms with Crippen LogP contribution in [0.15, 0.2) is 24.3 Å². The highest BCUT2D eigenvalue weighted by Crippen LogP contribution is 2.48. The van der Waals surface area contributed by atoms with Crippen LogP contribution in [0.3, 0.4) is 0 Å². The number of benzene rings is 1. The number of aromatic nitrogens is 2. The molecule has 0 unspecified atom stereocenters. The molecule has 4 aliphatic rings. The number of nitrogens with one attached hydrogen (secondary N) is 3. The Morgan fingerprint density at radius 3 is 2.31 bits per heavy atom. The number of hydrogen-bond donors (Lipinski definition) is 3. The largest absolute Gasteiger partial charge is 0.494 e. The summed E-state index contributed by atoms with van der Waals surface area (Å²) in [5, 5.41) is 4.82. The number of alkyl carbamates (subject to hydrolysis) is 1. The predicted octanol–water partition coefficient (Wildman–Crippen LogP) is 5.09. The van der Waals surface area contributed by atoms with Gasteiger partial charge >= 0.3 is 18.4 Å². The van der Waals surface area contributed by atoms with E-state index in [2.05, 4.69) is 25.3 Å². The second-order valence-corrected chi connectivity index (χ2v) is 19.8. The fourth-order valence-electron chi connectivity index (χ4n) is 7.86. The van der Waals surface area contributed by atoms with Gasteiger partial charge in [-0.1, -0.05) is 19.1 Å². The van der Waals surface area contributed by atoms with Crippen molar-refractivity contribution in [1.29, 1.82) is 0 Å². The van der Waals surface area contributed by atoms with Crippen LogP contribution in [-0.2, 0) is 40.1 Å². The molecule has 3 heterocycles. The van der Waals surface area contributed by atoms with Crippen LogP contribution < -0.4 is 24.8 Å². The van der Waals surface area contributed by atoms with E-state index in [9.17, 15) is 58.3 Å². The summed E-state index contributed by atoms with van der Waals surface area (Å²) in [6.07, 6.45) is -9.25. The number of rotatable bonds is 10. The van der Waals surface area contributed by atoms with E-state index in [4.69, 9.17) is 18.9 Å². The predicted molar refractivity (Wildman–Crippen MR) is 210 cm³/mol. The number of carbonyl (C=O) groups is 4. The number of allylic oxidation sites excluding steroid dienone is 1. The molecule has 354 valence electrons. The van der Waals surface area contributed by atoms with Gasteiger partial charge in [-0.3, -0.25) is 19.1 Å². The van der Waals surface area contributed by atoms with Crippen LogP contribution in [-0.4, -0.2) is 115 Å². The molecule has 0 radical (unpaired) electrons. The van der Waals surface area contributed by atoms with E-state index >= 15 is 0 Å². The lowest BCUT2D eigenvalue weighted by molar-refractivity contribution is -0.244. The normalized spacial score (nSPS) is 27.6. The number of sulfonamides is 1. The molecule has 2 saturated carbocycles. The molecule has 3 fully saturated rings. The monoisotopic (exact) mass is 938 g/mol. The van der Waals surface area contributed by atoms with E-state index in [-0.39, 0.29) is 49.5 Å². The van der Waals surface area contributed by atoms with Gasteiger partial charge in [-0.05, 0) is 65.2 Å². The fraction of sp³-hybridized carbons (Fsp3) is 0.650. The zero-order valence-electron chi connectivity index (χ0n) is 35.6. The Hall–Kier alpha value is -5.00. The van der Waals surface area contributed by atoms with Gasteiger partial charge < -0.3 is 34.5 Å². The third-order valence-corrected chi connectivity index (χ3v) is 14.4. The van der Waals surface area contributed by atoms with Gasteiger partial charge in [0.2, 0.25) is 39.0 Å². The number of halogens is 7. The molecule has 7 atom stereocenters. The van der Waals surface area contributed by atoms with Crippen molar-refractivity contribution >= 4 is 44.9 Å². The van der Waals surface area contributed by atoms with E-state index in [1.54, 1.807) is 19.1 Å². The van der Waals surface area contributed by atoms with Gasteiger partial charge in [0, 0.05) is 37.5 Å². The van der Waals surface area contributed by atoms with Crippen molar-refractivity contribution in [2.75, 3.05) is 27.4 Å². The van der Waals surface area contributed by atoms with E-state index in [1.165, 1.54) is 14.0 Å². The first-order chi connectivity index (χ1) is 29.6. The maximum Gasteiger partial charge on any atom is 0.438 e. The number of hydrogen-bond acceptors (Lipinski definition) is 12. The molecule has 64 heavy (non-hydrogen) atoms. The van der Waals surface area contributed by atoms with Crippen LogP contribution in [0.4, 0.5) is 35.5 Å². The maximum absolute atomic E-state index is 14.9. The summed E-state index contributed by atoms with van der Waals surface area (Å²) in [4.78, 5) is 65.0. The molecule has 2 aromatic rings. The van der Waals surface area contributed by atoms with Crippen molar-refractivity contribution in [3.05, 3.63) is 35.8 Å². The summed E-state index contributed by atoms with van der Waals surface area (Å²) in [5.41, 5.74) is -7.41. The van der Waals surface area contributed by atoms with Crippen molar-refractivity contribution < 1.29 is 77.3 Å². The quantitative estimate of drug-likeness (QED) is 0.211. The average Bonchev–Trinajstić information content (AvgIpc) is 4.06. The zero-order valence-corrected chi connectivity index (χ0v) is 36.4. The lowest BCUT2D eigenvalue weighted by atomic mass is 9.87. The standard InChI is InChI=1S/C40H49F7N6O10S/c1-20-9-7-8-10-22-17-38(22,34(56)52-64(58,59)37(4)11-12-37)51-31(54)27-14-23(62-32-30(39(42,43)44)48-25-15-24(41)28(61-6)16-26(25)49-32)18-53(27)33(55)29(21(13-20)19-60-5)50-35(57)63-36(2,3)40(45,46)47/h8,10,15-16,20-23,27,29H,7,9,11-14,17-19H2,1-6H3,(H,50,57)(H,51,54)(H,52,56)/t20-,21+,22-,23-,27+,29+,38-/m1/s1. The molecule has 24 heteroatoms. The number of carbonyl (C=O) groups excluding carboxylic acids is 4. The number of amides is 4.